The minimum atomic E-state index is 0.870. The Morgan fingerprint density at radius 3 is 1.89 bits per heavy atom. The summed E-state index contributed by atoms with van der Waals surface area (Å²) >= 11 is 0. The first-order valence-corrected chi connectivity index (χ1v) is 18.2. The molecule has 0 bridgehead atoms. The lowest BCUT2D eigenvalue weighted by Gasteiger charge is -2.28. The van der Waals surface area contributed by atoms with Crippen LogP contribution in [0.25, 0.3) is 71.7 Å². The summed E-state index contributed by atoms with van der Waals surface area (Å²) in [5.74, 6) is 0. The van der Waals surface area contributed by atoms with Gasteiger partial charge >= 0.3 is 0 Å². The van der Waals surface area contributed by atoms with Gasteiger partial charge in [0.2, 0.25) is 0 Å². The van der Waals surface area contributed by atoms with Crippen molar-refractivity contribution in [2.45, 2.75) is 13.8 Å². The van der Waals surface area contributed by atoms with Crippen molar-refractivity contribution in [1.29, 1.82) is 0 Å². The number of rotatable bonds is 6. The predicted molar refractivity (Wildman–Crippen MR) is 223 cm³/mol. The molecule has 0 aliphatic carbocycles. The second kappa shape index (κ2) is 12.4. The molecule has 0 radical (unpaired) electrons. The van der Waals surface area contributed by atoms with Gasteiger partial charge in [-0.1, -0.05) is 115 Å². The summed E-state index contributed by atoms with van der Waals surface area (Å²) in [5, 5.41) is 4.68. The van der Waals surface area contributed by atoms with E-state index in [2.05, 4.69) is 205 Å². The average Bonchev–Trinajstić information content (AvgIpc) is 3.76. The van der Waals surface area contributed by atoms with Crippen molar-refractivity contribution in [2.75, 3.05) is 4.90 Å². The fourth-order valence-corrected chi connectivity index (χ4v) is 8.13. The van der Waals surface area contributed by atoms with Crippen LogP contribution in [0.15, 0.2) is 186 Å². The summed E-state index contributed by atoms with van der Waals surface area (Å²) < 4.78 is 9.24. The van der Waals surface area contributed by atoms with Gasteiger partial charge in [0.15, 0.2) is 0 Å². The van der Waals surface area contributed by atoms with Gasteiger partial charge in [-0.15, -0.1) is 0 Å². The second-order valence-electron chi connectivity index (χ2n) is 13.9. The minimum absolute atomic E-state index is 0.870. The Labute approximate surface area is 308 Å². The van der Waals surface area contributed by atoms with E-state index in [4.69, 9.17) is 4.42 Å². The molecule has 0 amide bonds. The first-order chi connectivity index (χ1) is 26.1. The van der Waals surface area contributed by atoms with Crippen LogP contribution in [0.1, 0.15) is 11.1 Å². The summed E-state index contributed by atoms with van der Waals surface area (Å²) in [5.41, 5.74) is 15.5. The fraction of sp³-hybridized carbons (Fsp3) is 0.0400. The molecular weight excluding hydrogens is 645 g/mol. The third-order valence-electron chi connectivity index (χ3n) is 10.5. The lowest BCUT2D eigenvalue weighted by atomic mass is 9.98. The molecule has 0 saturated heterocycles. The lowest BCUT2D eigenvalue weighted by molar-refractivity contribution is 0.670. The Balaban J connectivity index is 1.20. The normalized spacial score (nSPS) is 11.6. The smallest absolute Gasteiger partial charge is 0.145 e. The van der Waals surface area contributed by atoms with Crippen molar-refractivity contribution in [3.05, 3.63) is 193 Å². The van der Waals surface area contributed by atoms with Crippen molar-refractivity contribution in [2.24, 2.45) is 0 Å². The summed E-state index contributed by atoms with van der Waals surface area (Å²) in [6.07, 6.45) is 0. The van der Waals surface area contributed by atoms with Gasteiger partial charge in [0.25, 0.3) is 0 Å². The van der Waals surface area contributed by atoms with E-state index in [1.807, 2.05) is 0 Å². The first kappa shape index (κ1) is 30.9. The number of aryl methyl sites for hydroxylation is 2. The summed E-state index contributed by atoms with van der Waals surface area (Å²) in [6, 6.07) is 65.3. The predicted octanol–water partition coefficient (Wildman–Crippen LogP) is 14.1. The van der Waals surface area contributed by atoms with Crippen molar-refractivity contribution < 1.29 is 4.42 Å². The first-order valence-electron chi connectivity index (χ1n) is 18.2. The van der Waals surface area contributed by atoms with Crippen molar-refractivity contribution in [1.82, 2.24) is 4.57 Å². The van der Waals surface area contributed by atoms with Crippen LogP contribution in [0, 0.1) is 13.8 Å². The summed E-state index contributed by atoms with van der Waals surface area (Å²) in [7, 11) is 0. The Kier molecular flexibility index (Phi) is 7.26. The molecule has 53 heavy (non-hydrogen) atoms. The number of hydrogen-bond acceptors (Lipinski definition) is 2. The maximum atomic E-state index is 6.87. The highest BCUT2D eigenvalue weighted by atomic mass is 16.3. The van der Waals surface area contributed by atoms with Crippen molar-refractivity contribution >= 4 is 60.8 Å². The zero-order valence-corrected chi connectivity index (χ0v) is 29.6. The second-order valence-corrected chi connectivity index (χ2v) is 13.9. The Hall–Kier alpha value is -6.84. The zero-order chi connectivity index (χ0) is 35.5. The Morgan fingerprint density at radius 2 is 1.13 bits per heavy atom. The van der Waals surface area contributed by atoms with Gasteiger partial charge in [0.1, 0.15) is 11.2 Å². The van der Waals surface area contributed by atoms with E-state index in [9.17, 15) is 0 Å². The van der Waals surface area contributed by atoms with E-state index < -0.39 is 0 Å². The molecule has 0 unspecified atom stereocenters. The highest BCUT2D eigenvalue weighted by molar-refractivity contribution is 6.17. The molecule has 10 aromatic rings. The van der Waals surface area contributed by atoms with Crippen LogP contribution < -0.4 is 4.90 Å². The van der Waals surface area contributed by atoms with Gasteiger partial charge in [-0.05, 0) is 108 Å². The van der Waals surface area contributed by atoms with Crippen LogP contribution in [0.4, 0.5) is 17.1 Å². The van der Waals surface area contributed by atoms with Gasteiger partial charge in [0.05, 0.1) is 22.1 Å². The van der Waals surface area contributed by atoms with Crippen LogP contribution in [0.2, 0.25) is 0 Å². The number of hydrogen-bond donors (Lipinski definition) is 0. The van der Waals surface area contributed by atoms with Gasteiger partial charge in [-0.25, -0.2) is 0 Å². The third kappa shape index (κ3) is 5.12. The monoisotopic (exact) mass is 680 g/mol. The lowest BCUT2D eigenvalue weighted by Crippen LogP contribution is -2.12. The topological polar surface area (TPSA) is 21.3 Å². The highest BCUT2D eigenvalue weighted by Gasteiger charge is 2.24. The molecule has 0 N–H and O–H groups in total. The molecule has 3 nitrogen and oxygen atoms in total. The number of para-hydroxylation sites is 3. The van der Waals surface area contributed by atoms with Crippen LogP contribution in [0.5, 0.6) is 0 Å². The summed E-state index contributed by atoms with van der Waals surface area (Å²) in [4.78, 5) is 2.40. The number of furan rings is 1. The minimum Gasteiger partial charge on any atom is -0.455 e. The van der Waals surface area contributed by atoms with Gasteiger partial charge < -0.3 is 13.9 Å². The number of benzene rings is 8. The number of aromatic nitrogens is 1. The number of nitrogens with zero attached hydrogens (tertiary/aromatic N) is 2. The van der Waals surface area contributed by atoms with Gasteiger partial charge in [0, 0.05) is 38.8 Å². The van der Waals surface area contributed by atoms with Gasteiger partial charge in [-0.3, -0.25) is 0 Å². The fourth-order valence-electron chi connectivity index (χ4n) is 8.13. The third-order valence-corrected chi connectivity index (χ3v) is 10.5. The molecule has 0 aliphatic rings. The zero-order valence-electron chi connectivity index (χ0n) is 29.6. The molecule has 10 rings (SSSR count). The molecule has 2 aromatic heterocycles. The van der Waals surface area contributed by atoms with E-state index in [1.54, 1.807) is 0 Å². The quantitative estimate of drug-likeness (QED) is 0.174. The van der Waals surface area contributed by atoms with Crippen LogP contribution in [0.3, 0.4) is 0 Å². The molecule has 0 spiro atoms. The Morgan fingerprint density at radius 1 is 0.472 bits per heavy atom. The summed E-state index contributed by atoms with van der Waals surface area (Å²) in [6.45, 7) is 4.37. The number of fused-ring (bicyclic) bond motifs is 6. The molecule has 2 heterocycles. The molecular formula is C50H36N2O. The molecule has 0 atom stereocenters. The largest absolute Gasteiger partial charge is 0.455 e. The molecule has 0 saturated carbocycles. The molecule has 0 aliphatic heterocycles. The van der Waals surface area contributed by atoms with Crippen LogP contribution >= 0.6 is 0 Å². The SMILES string of the molecule is Cc1cccc(N(c2ccc(-c3ccccc3)cc2C)c2ccc(-c3cccc(-n4c5ccccc5c5ccccc54)c3)c3oc4ccccc4c23)c1. The molecule has 8 aromatic carbocycles. The van der Waals surface area contributed by atoms with E-state index in [0.29, 0.717) is 0 Å². The van der Waals surface area contributed by atoms with Crippen molar-refractivity contribution in [3.63, 3.8) is 0 Å². The maximum Gasteiger partial charge on any atom is 0.145 e. The van der Waals surface area contributed by atoms with E-state index in [1.165, 1.54) is 44.1 Å². The standard InChI is InChI=1S/C50H36N2O/c1-33-14-12-18-38(30-33)51(44-28-26-36(31-34(44)2)35-15-4-3-5-16-35)47-29-27-40(50-49(47)43-22-8-11-25-48(43)53-50)37-17-13-19-39(32-37)52-45-23-9-6-20-41(45)42-21-7-10-24-46(42)52/h3-32H,1-2H3. The number of anilines is 3. The Bertz CT molecular complexity index is 2930. The van der Waals surface area contributed by atoms with Crippen molar-refractivity contribution in [3.8, 4) is 27.9 Å². The molecule has 3 heteroatoms. The highest BCUT2D eigenvalue weighted by Crippen LogP contribution is 2.47. The van der Waals surface area contributed by atoms with E-state index in [0.717, 1.165) is 55.8 Å². The van der Waals surface area contributed by atoms with Crippen LogP contribution in [-0.4, -0.2) is 4.57 Å². The van der Waals surface area contributed by atoms with Crippen LogP contribution in [-0.2, 0) is 0 Å². The van der Waals surface area contributed by atoms with Gasteiger partial charge in [-0.2, -0.15) is 0 Å². The van der Waals surface area contributed by atoms with E-state index >= 15 is 0 Å². The average molecular weight is 681 g/mol. The molecule has 0 fully saturated rings. The maximum absolute atomic E-state index is 6.87. The van der Waals surface area contributed by atoms with E-state index in [-0.39, 0.29) is 0 Å². The molecule has 252 valence electrons.